The Labute approximate surface area is 124 Å². The summed E-state index contributed by atoms with van der Waals surface area (Å²) in [5.41, 5.74) is 3.85. The summed E-state index contributed by atoms with van der Waals surface area (Å²) >= 11 is 0. The minimum Gasteiger partial charge on any atom is -0.346 e. The summed E-state index contributed by atoms with van der Waals surface area (Å²) in [5, 5.41) is 0. The lowest BCUT2D eigenvalue weighted by Crippen LogP contribution is -2.04. The van der Waals surface area contributed by atoms with Crippen LogP contribution in [-0.2, 0) is 0 Å². The van der Waals surface area contributed by atoms with Crippen molar-refractivity contribution in [3.8, 4) is 0 Å². The highest BCUT2D eigenvalue weighted by molar-refractivity contribution is 6.06. The lowest BCUT2D eigenvalue weighted by molar-refractivity contribution is 0.104. The fourth-order valence-corrected chi connectivity index (χ4v) is 2.64. The van der Waals surface area contributed by atoms with Crippen molar-refractivity contribution in [3.05, 3.63) is 64.7 Å². The molecule has 3 heteroatoms. The van der Waals surface area contributed by atoms with Crippen LogP contribution in [0.4, 0.5) is 4.39 Å². The van der Waals surface area contributed by atoms with Gasteiger partial charge in [0.2, 0.25) is 0 Å². The molecule has 110 valence electrons. The normalized spacial score (nSPS) is 11.5. The highest BCUT2D eigenvalue weighted by Gasteiger charge is 2.10. The Morgan fingerprint density at radius 3 is 2.33 bits per heavy atom. The van der Waals surface area contributed by atoms with Crippen molar-refractivity contribution in [2.24, 2.45) is 0 Å². The Morgan fingerprint density at radius 1 is 1.19 bits per heavy atom. The van der Waals surface area contributed by atoms with Crippen molar-refractivity contribution < 1.29 is 9.18 Å². The zero-order chi connectivity index (χ0) is 15.6. The summed E-state index contributed by atoms with van der Waals surface area (Å²) in [6.45, 7) is 8.38. The molecule has 0 atom stereocenters. The first-order valence-electron chi connectivity index (χ1n) is 7.06. The maximum Gasteiger partial charge on any atom is 0.185 e. The summed E-state index contributed by atoms with van der Waals surface area (Å²) in [6, 6.07) is 8.06. The summed E-state index contributed by atoms with van der Waals surface area (Å²) in [6.07, 6.45) is 3.37. The predicted octanol–water partition coefficient (Wildman–Crippen LogP) is 4.72. The third-order valence-corrected chi connectivity index (χ3v) is 3.58. The largest absolute Gasteiger partial charge is 0.346 e. The number of carbonyl (C=O) groups excluding carboxylic acids is 1. The van der Waals surface area contributed by atoms with Crippen LogP contribution in [0.1, 0.15) is 47.2 Å². The Morgan fingerprint density at radius 2 is 1.81 bits per heavy atom. The van der Waals surface area contributed by atoms with Crippen LogP contribution in [-0.4, -0.2) is 10.4 Å². The van der Waals surface area contributed by atoms with E-state index in [-0.39, 0.29) is 11.6 Å². The van der Waals surface area contributed by atoms with E-state index in [2.05, 4.69) is 38.3 Å². The van der Waals surface area contributed by atoms with E-state index in [1.165, 1.54) is 30.0 Å². The number of rotatable bonds is 4. The molecular formula is C18H20FNO. The smallest absolute Gasteiger partial charge is 0.185 e. The summed E-state index contributed by atoms with van der Waals surface area (Å²) < 4.78 is 15.1. The maximum absolute atomic E-state index is 12.8. The fourth-order valence-electron chi connectivity index (χ4n) is 2.64. The second kappa shape index (κ2) is 6.08. The van der Waals surface area contributed by atoms with Gasteiger partial charge >= 0.3 is 0 Å². The molecule has 2 nitrogen and oxygen atoms in total. The van der Waals surface area contributed by atoms with E-state index >= 15 is 0 Å². The van der Waals surface area contributed by atoms with Crippen molar-refractivity contribution in [2.45, 2.75) is 33.7 Å². The first-order valence-corrected chi connectivity index (χ1v) is 7.06. The third kappa shape index (κ3) is 3.30. The summed E-state index contributed by atoms with van der Waals surface area (Å²) in [7, 11) is 0. The highest BCUT2D eigenvalue weighted by Crippen LogP contribution is 2.21. The molecule has 2 aromatic rings. The molecule has 0 fully saturated rings. The molecule has 0 spiro atoms. The van der Waals surface area contributed by atoms with Crippen molar-refractivity contribution >= 4 is 11.9 Å². The maximum atomic E-state index is 12.8. The Balaban J connectivity index is 2.23. The number of halogens is 1. The molecule has 0 bridgehead atoms. The van der Waals surface area contributed by atoms with Crippen LogP contribution in [0.25, 0.3) is 6.08 Å². The molecule has 1 aromatic heterocycles. The van der Waals surface area contributed by atoms with E-state index in [1.807, 2.05) is 6.08 Å². The third-order valence-electron chi connectivity index (χ3n) is 3.58. The zero-order valence-electron chi connectivity index (χ0n) is 12.9. The fraction of sp³-hybridized carbons (Fsp3) is 0.278. The van der Waals surface area contributed by atoms with E-state index in [1.54, 1.807) is 6.08 Å². The van der Waals surface area contributed by atoms with Gasteiger partial charge < -0.3 is 4.57 Å². The molecule has 0 saturated heterocycles. The number of ketones is 1. The number of benzene rings is 1. The number of aromatic nitrogens is 1. The van der Waals surface area contributed by atoms with Crippen LogP contribution < -0.4 is 0 Å². The Hall–Kier alpha value is -2.16. The first-order chi connectivity index (χ1) is 9.90. The monoisotopic (exact) mass is 285 g/mol. The second-order valence-electron chi connectivity index (χ2n) is 5.49. The minimum absolute atomic E-state index is 0.121. The van der Waals surface area contributed by atoms with E-state index in [9.17, 15) is 9.18 Å². The van der Waals surface area contributed by atoms with Crippen LogP contribution in [0.2, 0.25) is 0 Å². The van der Waals surface area contributed by atoms with Crippen molar-refractivity contribution in [1.29, 1.82) is 0 Å². The minimum atomic E-state index is -0.337. The number of carbonyl (C=O) groups is 1. The van der Waals surface area contributed by atoms with Crippen molar-refractivity contribution in [3.63, 3.8) is 0 Å². The van der Waals surface area contributed by atoms with Crippen molar-refractivity contribution in [1.82, 2.24) is 4.57 Å². The number of hydrogen-bond acceptors (Lipinski definition) is 1. The van der Waals surface area contributed by atoms with Crippen LogP contribution in [0, 0.1) is 19.7 Å². The van der Waals surface area contributed by atoms with Gasteiger partial charge in [0, 0.05) is 23.0 Å². The molecule has 21 heavy (non-hydrogen) atoms. The Kier molecular flexibility index (Phi) is 4.41. The SMILES string of the molecule is Cc1cc(/C=C/C(=O)c2ccc(F)cc2)c(C)n1C(C)C. The van der Waals surface area contributed by atoms with Gasteiger partial charge in [-0.05, 0) is 75.7 Å². The van der Waals surface area contributed by atoms with Crippen LogP contribution in [0.3, 0.4) is 0 Å². The average molecular weight is 285 g/mol. The lowest BCUT2D eigenvalue weighted by atomic mass is 10.1. The van der Waals surface area contributed by atoms with Crippen LogP contribution in [0.15, 0.2) is 36.4 Å². The molecule has 0 saturated carbocycles. The molecule has 0 radical (unpaired) electrons. The van der Waals surface area contributed by atoms with E-state index < -0.39 is 0 Å². The van der Waals surface area contributed by atoms with Crippen LogP contribution in [0.5, 0.6) is 0 Å². The van der Waals surface area contributed by atoms with Gasteiger partial charge in [0.25, 0.3) is 0 Å². The van der Waals surface area contributed by atoms with Gasteiger partial charge in [-0.1, -0.05) is 0 Å². The number of nitrogens with zero attached hydrogens (tertiary/aromatic N) is 1. The number of aryl methyl sites for hydroxylation is 1. The van der Waals surface area contributed by atoms with E-state index in [4.69, 9.17) is 0 Å². The van der Waals surface area contributed by atoms with Gasteiger partial charge in [0.15, 0.2) is 5.78 Å². The molecule has 0 aliphatic rings. The highest BCUT2D eigenvalue weighted by atomic mass is 19.1. The van der Waals surface area contributed by atoms with Gasteiger partial charge in [0.05, 0.1) is 0 Å². The molecule has 1 heterocycles. The van der Waals surface area contributed by atoms with Gasteiger partial charge in [-0.25, -0.2) is 4.39 Å². The standard InChI is InChI=1S/C18H20FNO/c1-12(2)20-13(3)11-16(14(20)4)7-10-18(21)15-5-8-17(19)9-6-15/h5-12H,1-4H3/b10-7+. The van der Waals surface area contributed by atoms with Crippen LogP contribution >= 0.6 is 0 Å². The predicted molar refractivity (Wildman–Crippen MR) is 84.1 cm³/mol. The molecule has 0 N–H and O–H groups in total. The molecule has 0 aliphatic carbocycles. The summed E-state index contributed by atoms with van der Waals surface area (Å²) in [4.78, 5) is 12.1. The molecule has 0 aliphatic heterocycles. The van der Waals surface area contributed by atoms with Gasteiger partial charge in [-0.2, -0.15) is 0 Å². The number of hydrogen-bond donors (Lipinski definition) is 0. The topological polar surface area (TPSA) is 22.0 Å². The van der Waals surface area contributed by atoms with Gasteiger partial charge in [0.1, 0.15) is 5.82 Å². The number of allylic oxidation sites excluding steroid dienone is 1. The average Bonchev–Trinajstić information content (AvgIpc) is 2.71. The lowest BCUT2D eigenvalue weighted by Gasteiger charge is -2.13. The summed E-state index contributed by atoms with van der Waals surface area (Å²) in [5.74, 6) is -0.458. The molecule has 2 rings (SSSR count). The Bertz CT molecular complexity index is 678. The molecule has 1 aromatic carbocycles. The molecule has 0 amide bonds. The molecular weight excluding hydrogens is 265 g/mol. The first kappa shape index (κ1) is 15.2. The zero-order valence-corrected chi connectivity index (χ0v) is 12.9. The van der Waals surface area contributed by atoms with Gasteiger partial charge in [-0.3, -0.25) is 4.79 Å². The van der Waals surface area contributed by atoms with E-state index in [0.717, 1.165) is 11.3 Å². The molecule has 0 unspecified atom stereocenters. The van der Waals surface area contributed by atoms with E-state index in [0.29, 0.717) is 11.6 Å². The second-order valence-corrected chi connectivity index (χ2v) is 5.49. The van der Waals surface area contributed by atoms with Gasteiger partial charge in [-0.15, -0.1) is 0 Å². The quantitative estimate of drug-likeness (QED) is 0.588. The van der Waals surface area contributed by atoms with Crippen molar-refractivity contribution in [2.75, 3.05) is 0 Å².